The van der Waals surface area contributed by atoms with Gasteiger partial charge in [-0.05, 0) is 36.2 Å². The molecule has 0 bridgehead atoms. The highest BCUT2D eigenvalue weighted by atomic mass is 35.5. The molecule has 3 rings (SSSR count). The fraction of sp³-hybridized carbons (Fsp3) is 0.368. The van der Waals surface area contributed by atoms with Crippen LogP contribution < -0.4 is 4.74 Å². The third-order valence-corrected chi connectivity index (χ3v) is 6.94. The summed E-state index contributed by atoms with van der Waals surface area (Å²) in [5.74, 6) is 0.466. The Morgan fingerprint density at radius 1 is 1.08 bits per heavy atom. The van der Waals surface area contributed by atoms with Crippen LogP contribution in [0.4, 0.5) is 0 Å². The summed E-state index contributed by atoms with van der Waals surface area (Å²) in [6.45, 7) is 5.29. The van der Waals surface area contributed by atoms with E-state index >= 15 is 0 Å². The number of nitrogens with zero attached hydrogens (tertiary/aromatic N) is 2. The summed E-state index contributed by atoms with van der Waals surface area (Å²) < 4.78 is 32.4. The molecule has 0 atom stereocenters. The highest BCUT2D eigenvalue weighted by Gasteiger charge is 2.29. The lowest BCUT2D eigenvalue weighted by molar-refractivity contribution is 0.181. The zero-order chi connectivity index (χ0) is 18.7. The van der Waals surface area contributed by atoms with Crippen LogP contribution in [0.25, 0.3) is 0 Å². The predicted octanol–water partition coefficient (Wildman–Crippen LogP) is 3.16. The van der Waals surface area contributed by atoms with Crippen molar-refractivity contribution >= 4 is 21.6 Å². The Labute approximate surface area is 160 Å². The lowest BCUT2D eigenvalue weighted by Crippen LogP contribution is -2.48. The molecule has 0 saturated carbocycles. The second-order valence-electron chi connectivity index (χ2n) is 6.40. The van der Waals surface area contributed by atoms with Crippen molar-refractivity contribution in [2.45, 2.75) is 18.4 Å². The number of methoxy groups -OCH3 is 1. The summed E-state index contributed by atoms with van der Waals surface area (Å²) in [4.78, 5) is 2.49. The smallest absolute Gasteiger partial charge is 0.243 e. The Morgan fingerprint density at radius 3 is 2.38 bits per heavy atom. The number of hydrogen-bond donors (Lipinski definition) is 0. The van der Waals surface area contributed by atoms with Gasteiger partial charge in [0, 0.05) is 32.7 Å². The zero-order valence-corrected chi connectivity index (χ0v) is 16.6. The van der Waals surface area contributed by atoms with Crippen LogP contribution in [-0.2, 0) is 16.6 Å². The SMILES string of the molecule is COc1ccc(S(=O)(=O)N2CCN(Cc3ccccc3C)CC2)cc1Cl. The summed E-state index contributed by atoms with van der Waals surface area (Å²) in [7, 11) is -2.04. The molecule has 0 aromatic heterocycles. The van der Waals surface area contributed by atoms with Gasteiger partial charge in [0.05, 0.1) is 17.0 Å². The second kappa shape index (κ2) is 7.96. The molecular weight excluding hydrogens is 372 g/mol. The van der Waals surface area contributed by atoms with Crippen LogP contribution in [0, 0.1) is 6.92 Å². The van der Waals surface area contributed by atoms with Gasteiger partial charge in [-0.1, -0.05) is 35.9 Å². The Kier molecular flexibility index (Phi) is 5.87. The monoisotopic (exact) mass is 394 g/mol. The average Bonchev–Trinajstić information content (AvgIpc) is 2.64. The summed E-state index contributed by atoms with van der Waals surface area (Å²) in [5, 5.41) is 0.298. The van der Waals surface area contributed by atoms with Gasteiger partial charge in [-0.2, -0.15) is 4.31 Å². The predicted molar refractivity (Wildman–Crippen MR) is 103 cm³/mol. The summed E-state index contributed by atoms with van der Waals surface area (Å²) >= 11 is 6.09. The molecule has 0 aliphatic carbocycles. The van der Waals surface area contributed by atoms with E-state index in [1.807, 2.05) is 12.1 Å². The van der Waals surface area contributed by atoms with Crippen LogP contribution in [0.2, 0.25) is 5.02 Å². The number of rotatable bonds is 5. The third-order valence-electron chi connectivity index (χ3n) is 4.75. The molecule has 140 valence electrons. The first-order valence-corrected chi connectivity index (χ1v) is 10.3. The number of sulfonamides is 1. The Hall–Kier alpha value is -1.60. The van der Waals surface area contributed by atoms with Gasteiger partial charge in [-0.25, -0.2) is 8.42 Å². The molecule has 1 saturated heterocycles. The molecule has 0 radical (unpaired) electrons. The molecule has 0 spiro atoms. The van der Waals surface area contributed by atoms with Gasteiger partial charge in [0.2, 0.25) is 10.0 Å². The van der Waals surface area contributed by atoms with Crippen molar-refractivity contribution in [2.75, 3.05) is 33.3 Å². The maximum atomic E-state index is 12.9. The standard InChI is InChI=1S/C19H23ClN2O3S/c1-15-5-3-4-6-16(15)14-21-9-11-22(12-10-21)26(23,24)17-7-8-19(25-2)18(20)13-17/h3-8,13H,9-12,14H2,1-2H3. The number of benzene rings is 2. The van der Waals surface area contributed by atoms with Crippen molar-refractivity contribution in [3.05, 3.63) is 58.6 Å². The van der Waals surface area contributed by atoms with Crippen molar-refractivity contribution in [3.8, 4) is 5.75 Å². The van der Waals surface area contributed by atoms with E-state index in [0.29, 0.717) is 37.0 Å². The van der Waals surface area contributed by atoms with Crippen LogP contribution in [0.15, 0.2) is 47.4 Å². The number of ether oxygens (including phenoxy) is 1. The average molecular weight is 395 g/mol. The van der Waals surface area contributed by atoms with E-state index in [2.05, 4.69) is 24.0 Å². The fourth-order valence-electron chi connectivity index (χ4n) is 3.11. The van der Waals surface area contributed by atoms with E-state index in [1.165, 1.54) is 28.6 Å². The third kappa shape index (κ3) is 4.04. The molecular formula is C19H23ClN2O3S. The molecule has 0 unspecified atom stereocenters. The molecule has 5 nitrogen and oxygen atoms in total. The summed E-state index contributed by atoms with van der Waals surface area (Å²) in [5.41, 5.74) is 2.54. The van der Waals surface area contributed by atoms with Gasteiger partial charge in [0.1, 0.15) is 5.75 Å². The van der Waals surface area contributed by atoms with Crippen LogP contribution in [0.1, 0.15) is 11.1 Å². The van der Waals surface area contributed by atoms with Gasteiger partial charge < -0.3 is 4.74 Å². The molecule has 1 heterocycles. The van der Waals surface area contributed by atoms with Crippen molar-refractivity contribution < 1.29 is 13.2 Å². The van der Waals surface area contributed by atoms with Crippen LogP contribution in [0.3, 0.4) is 0 Å². The minimum absolute atomic E-state index is 0.204. The second-order valence-corrected chi connectivity index (χ2v) is 8.75. The van der Waals surface area contributed by atoms with Gasteiger partial charge in [0.15, 0.2) is 0 Å². The Bertz CT molecular complexity index is 878. The molecule has 1 aliphatic heterocycles. The zero-order valence-electron chi connectivity index (χ0n) is 15.0. The Morgan fingerprint density at radius 2 is 1.77 bits per heavy atom. The number of piperazine rings is 1. The first kappa shape index (κ1) is 19.2. The minimum atomic E-state index is -3.55. The number of aryl methyl sites for hydroxylation is 1. The molecule has 2 aromatic rings. The quantitative estimate of drug-likeness (QED) is 0.781. The Balaban J connectivity index is 1.67. The van der Waals surface area contributed by atoms with Crippen molar-refractivity contribution in [3.63, 3.8) is 0 Å². The van der Waals surface area contributed by atoms with E-state index in [4.69, 9.17) is 16.3 Å². The van der Waals surface area contributed by atoms with Crippen LogP contribution in [0.5, 0.6) is 5.75 Å². The highest BCUT2D eigenvalue weighted by molar-refractivity contribution is 7.89. The fourth-order valence-corrected chi connectivity index (χ4v) is 4.88. The van der Waals surface area contributed by atoms with E-state index in [-0.39, 0.29) is 4.90 Å². The molecule has 0 N–H and O–H groups in total. The van der Waals surface area contributed by atoms with E-state index in [1.54, 1.807) is 12.1 Å². The highest BCUT2D eigenvalue weighted by Crippen LogP contribution is 2.28. The maximum Gasteiger partial charge on any atom is 0.243 e. The molecule has 1 aliphatic rings. The van der Waals surface area contributed by atoms with Crippen LogP contribution >= 0.6 is 11.6 Å². The number of halogens is 1. The first-order chi connectivity index (χ1) is 12.4. The van der Waals surface area contributed by atoms with Crippen LogP contribution in [-0.4, -0.2) is 50.9 Å². The topological polar surface area (TPSA) is 49.9 Å². The largest absolute Gasteiger partial charge is 0.495 e. The van der Waals surface area contributed by atoms with E-state index in [9.17, 15) is 8.42 Å². The van der Waals surface area contributed by atoms with Gasteiger partial charge >= 0.3 is 0 Å². The lowest BCUT2D eigenvalue weighted by atomic mass is 10.1. The normalized spacial score (nSPS) is 16.6. The lowest BCUT2D eigenvalue weighted by Gasteiger charge is -2.34. The van der Waals surface area contributed by atoms with Gasteiger partial charge in [0.25, 0.3) is 0 Å². The molecule has 2 aromatic carbocycles. The molecule has 26 heavy (non-hydrogen) atoms. The summed E-state index contributed by atoms with van der Waals surface area (Å²) in [6, 6.07) is 12.9. The number of hydrogen-bond acceptors (Lipinski definition) is 4. The van der Waals surface area contributed by atoms with Crippen molar-refractivity contribution in [1.29, 1.82) is 0 Å². The van der Waals surface area contributed by atoms with Gasteiger partial charge in [-0.15, -0.1) is 0 Å². The minimum Gasteiger partial charge on any atom is -0.495 e. The molecule has 0 amide bonds. The molecule has 1 fully saturated rings. The maximum absolute atomic E-state index is 12.9. The first-order valence-electron chi connectivity index (χ1n) is 8.52. The summed E-state index contributed by atoms with van der Waals surface area (Å²) in [6.07, 6.45) is 0. The van der Waals surface area contributed by atoms with E-state index in [0.717, 1.165) is 6.54 Å². The van der Waals surface area contributed by atoms with Crippen molar-refractivity contribution in [1.82, 2.24) is 9.21 Å². The van der Waals surface area contributed by atoms with E-state index < -0.39 is 10.0 Å². The van der Waals surface area contributed by atoms with Crippen molar-refractivity contribution in [2.24, 2.45) is 0 Å². The van der Waals surface area contributed by atoms with Gasteiger partial charge in [-0.3, -0.25) is 4.90 Å². The molecule has 7 heteroatoms.